The fourth-order valence-corrected chi connectivity index (χ4v) is 4.16. The average molecular weight is 533 g/mol. The maximum atomic E-state index is 13.7. The van der Waals surface area contributed by atoms with Gasteiger partial charge in [0.1, 0.15) is 23.3 Å². The van der Waals surface area contributed by atoms with Crippen LogP contribution in [0.3, 0.4) is 0 Å². The molecule has 0 spiro atoms. The first-order chi connectivity index (χ1) is 18.5. The van der Waals surface area contributed by atoms with E-state index in [1.807, 2.05) is 54.6 Å². The maximum Gasteiger partial charge on any atom is 0.261 e. The van der Waals surface area contributed by atoms with Gasteiger partial charge in [0, 0.05) is 13.0 Å². The number of carbonyl (C=O) groups excluding carboxylic acids is 2. The van der Waals surface area contributed by atoms with Gasteiger partial charge in [-0.25, -0.2) is 0 Å². The van der Waals surface area contributed by atoms with E-state index in [0.717, 1.165) is 11.1 Å². The average Bonchev–Trinajstić information content (AvgIpc) is 3.48. The molecule has 1 heterocycles. The number of methoxy groups -OCH3 is 1. The number of amides is 2. The zero-order chi connectivity index (χ0) is 26.7. The summed E-state index contributed by atoms with van der Waals surface area (Å²) in [5.74, 6) is 1.06. The van der Waals surface area contributed by atoms with E-state index in [-0.39, 0.29) is 31.5 Å². The Morgan fingerprint density at radius 3 is 2.34 bits per heavy atom. The third-order valence-corrected chi connectivity index (χ3v) is 6.30. The predicted molar refractivity (Wildman–Crippen MR) is 145 cm³/mol. The first-order valence-corrected chi connectivity index (χ1v) is 12.5. The second-order valence-corrected chi connectivity index (χ2v) is 9.00. The molecule has 1 atom stereocenters. The van der Waals surface area contributed by atoms with Gasteiger partial charge in [-0.2, -0.15) is 0 Å². The molecule has 196 valence electrons. The topological polar surface area (TPSA) is 81.0 Å². The Bertz CT molecular complexity index is 1310. The van der Waals surface area contributed by atoms with Gasteiger partial charge in [0.15, 0.2) is 6.61 Å². The van der Waals surface area contributed by atoms with Crippen LogP contribution in [0.5, 0.6) is 11.5 Å². The quantitative estimate of drug-likeness (QED) is 0.268. The van der Waals surface area contributed by atoms with E-state index in [4.69, 9.17) is 25.5 Å². The van der Waals surface area contributed by atoms with Gasteiger partial charge >= 0.3 is 0 Å². The molecule has 0 aliphatic carbocycles. The van der Waals surface area contributed by atoms with Crippen molar-refractivity contribution in [3.8, 4) is 11.5 Å². The fourth-order valence-electron chi connectivity index (χ4n) is 3.97. The van der Waals surface area contributed by atoms with Gasteiger partial charge in [-0.1, -0.05) is 66.2 Å². The summed E-state index contributed by atoms with van der Waals surface area (Å²) >= 11 is 6.22. The van der Waals surface area contributed by atoms with Crippen LogP contribution in [0.2, 0.25) is 5.02 Å². The molecule has 2 amide bonds. The highest BCUT2D eigenvalue weighted by atomic mass is 35.5. The summed E-state index contributed by atoms with van der Waals surface area (Å²) < 4.78 is 16.4. The number of rotatable bonds is 12. The third kappa shape index (κ3) is 7.40. The van der Waals surface area contributed by atoms with Crippen LogP contribution < -0.4 is 14.8 Å². The molecular formula is C30H29ClN2O5. The van der Waals surface area contributed by atoms with Crippen LogP contribution in [0.4, 0.5) is 0 Å². The van der Waals surface area contributed by atoms with Crippen molar-refractivity contribution in [1.29, 1.82) is 0 Å². The molecule has 0 aliphatic heterocycles. The lowest BCUT2D eigenvalue weighted by Gasteiger charge is -2.31. The molecule has 0 bridgehead atoms. The number of hydrogen-bond acceptors (Lipinski definition) is 5. The van der Waals surface area contributed by atoms with Gasteiger partial charge in [0.05, 0.1) is 24.9 Å². The van der Waals surface area contributed by atoms with E-state index in [2.05, 4.69) is 5.32 Å². The molecule has 0 aliphatic rings. The first kappa shape index (κ1) is 26.8. The van der Waals surface area contributed by atoms with Crippen LogP contribution in [0.25, 0.3) is 0 Å². The summed E-state index contributed by atoms with van der Waals surface area (Å²) in [7, 11) is 1.59. The van der Waals surface area contributed by atoms with Gasteiger partial charge in [-0.05, 0) is 47.5 Å². The number of ether oxygens (including phenoxy) is 2. The second kappa shape index (κ2) is 13.4. The van der Waals surface area contributed by atoms with E-state index < -0.39 is 6.04 Å². The molecular weight excluding hydrogens is 504 g/mol. The Morgan fingerprint density at radius 1 is 0.921 bits per heavy atom. The van der Waals surface area contributed by atoms with Crippen molar-refractivity contribution in [2.75, 3.05) is 13.7 Å². The summed E-state index contributed by atoms with van der Waals surface area (Å²) in [4.78, 5) is 28.8. The van der Waals surface area contributed by atoms with Crippen molar-refractivity contribution in [3.05, 3.63) is 119 Å². The Labute approximate surface area is 226 Å². The predicted octanol–water partition coefficient (Wildman–Crippen LogP) is 5.28. The number of furan rings is 1. The minimum absolute atomic E-state index is 0.195. The molecule has 4 rings (SSSR count). The van der Waals surface area contributed by atoms with Gasteiger partial charge in [-0.3, -0.25) is 9.59 Å². The number of halogens is 1. The Hall–Kier alpha value is -4.23. The molecule has 1 N–H and O–H groups in total. The highest BCUT2D eigenvalue weighted by molar-refractivity contribution is 6.32. The number of carbonyl (C=O) groups is 2. The number of hydrogen-bond donors (Lipinski definition) is 1. The smallest absolute Gasteiger partial charge is 0.261 e. The molecule has 0 saturated heterocycles. The zero-order valence-corrected chi connectivity index (χ0v) is 21.8. The van der Waals surface area contributed by atoms with Gasteiger partial charge < -0.3 is 24.1 Å². The van der Waals surface area contributed by atoms with Crippen LogP contribution in [0, 0.1) is 0 Å². The summed E-state index contributed by atoms with van der Waals surface area (Å²) in [6, 6.07) is 26.7. The molecule has 0 radical (unpaired) electrons. The van der Waals surface area contributed by atoms with E-state index >= 15 is 0 Å². The SMILES string of the molecule is COc1ccc(CN(C(=O)COc2ccccc2Cl)[C@@H](Cc2ccccc2)C(=O)NCc2ccco2)cc1. The highest BCUT2D eigenvalue weighted by Gasteiger charge is 2.31. The number of para-hydroxylation sites is 1. The zero-order valence-electron chi connectivity index (χ0n) is 21.0. The Balaban J connectivity index is 1.61. The molecule has 0 unspecified atom stereocenters. The largest absolute Gasteiger partial charge is 0.497 e. The lowest BCUT2D eigenvalue weighted by Crippen LogP contribution is -2.51. The minimum atomic E-state index is -0.809. The van der Waals surface area contributed by atoms with Crippen molar-refractivity contribution in [2.24, 2.45) is 0 Å². The third-order valence-electron chi connectivity index (χ3n) is 5.99. The summed E-state index contributed by atoms with van der Waals surface area (Å²) in [5, 5.41) is 3.32. The lowest BCUT2D eigenvalue weighted by molar-refractivity contribution is -0.142. The maximum absolute atomic E-state index is 13.7. The van der Waals surface area contributed by atoms with Gasteiger partial charge in [-0.15, -0.1) is 0 Å². The van der Waals surface area contributed by atoms with Gasteiger partial charge in [0.2, 0.25) is 5.91 Å². The van der Waals surface area contributed by atoms with Gasteiger partial charge in [0.25, 0.3) is 5.91 Å². The fraction of sp³-hybridized carbons (Fsp3) is 0.200. The molecule has 4 aromatic rings. The van der Waals surface area contributed by atoms with Crippen molar-refractivity contribution < 1.29 is 23.5 Å². The Kier molecular flexibility index (Phi) is 9.43. The summed E-state index contributed by atoms with van der Waals surface area (Å²) in [6.45, 7) is 0.120. The monoisotopic (exact) mass is 532 g/mol. The van der Waals surface area contributed by atoms with E-state index in [0.29, 0.717) is 28.7 Å². The summed E-state index contributed by atoms with van der Waals surface area (Å²) in [6.07, 6.45) is 1.87. The van der Waals surface area contributed by atoms with Crippen molar-refractivity contribution in [2.45, 2.75) is 25.6 Å². The van der Waals surface area contributed by atoms with E-state index in [9.17, 15) is 9.59 Å². The number of benzene rings is 3. The molecule has 8 heteroatoms. The van der Waals surface area contributed by atoms with Crippen molar-refractivity contribution in [3.63, 3.8) is 0 Å². The van der Waals surface area contributed by atoms with Crippen LogP contribution in [0.15, 0.2) is 102 Å². The molecule has 7 nitrogen and oxygen atoms in total. The standard InChI is InChI=1S/C30H29ClN2O5/c1-36-24-15-13-23(14-16-24)20-33(29(34)21-38-28-12-6-5-11-26(28)31)27(18-22-8-3-2-4-9-22)30(35)32-19-25-10-7-17-37-25/h2-17,27H,18-21H2,1H3,(H,32,35)/t27-/m0/s1. The second-order valence-electron chi connectivity index (χ2n) is 8.59. The van der Waals surface area contributed by atoms with E-state index in [1.165, 1.54) is 0 Å². The highest BCUT2D eigenvalue weighted by Crippen LogP contribution is 2.24. The number of nitrogens with zero attached hydrogens (tertiary/aromatic N) is 1. The van der Waals surface area contributed by atoms with Crippen molar-refractivity contribution >= 4 is 23.4 Å². The lowest BCUT2D eigenvalue weighted by atomic mass is 10.0. The molecule has 1 aromatic heterocycles. The molecule has 0 fully saturated rings. The normalized spacial score (nSPS) is 11.4. The first-order valence-electron chi connectivity index (χ1n) is 12.2. The van der Waals surface area contributed by atoms with Crippen LogP contribution in [-0.4, -0.2) is 36.5 Å². The molecule has 0 saturated carbocycles. The van der Waals surface area contributed by atoms with E-state index in [1.54, 1.807) is 54.7 Å². The molecule has 3 aromatic carbocycles. The Morgan fingerprint density at radius 2 is 1.66 bits per heavy atom. The van der Waals surface area contributed by atoms with Crippen LogP contribution in [-0.2, 0) is 29.1 Å². The molecule has 38 heavy (non-hydrogen) atoms. The number of nitrogens with one attached hydrogen (secondary N) is 1. The summed E-state index contributed by atoms with van der Waals surface area (Å²) in [5.41, 5.74) is 1.76. The van der Waals surface area contributed by atoms with Crippen LogP contribution >= 0.6 is 11.6 Å². The van der Waals surface area contributed by atoms with Crippen molar-refractivity contribution in [1.82, 2.24) is 10.2 Å². The van der Waals surface area contributed by atoms with Crippen LogP contribution in [0.1, 0.15) is 16.9 Å². The minimum Gasteiger partial charge on any atom is -0.497 e.